The zero-order valence-corrected chi connectivity index (χ0v) is 31.7. The Morgan fingerprint density at radius 1 is 0.887 bits per heavy atom. The van der Waals surface area contributed by atoms with Crippen molar-refractivity contribution in [2.75, 3.05) is 33.3 Å². The third-order valence-corrected chi connectivity index (χ3v) is 11.0. The number of likely N-dealkylation sites (tertiary alicyclic amines) is 2. The first-order chi connectivity index (χ1) is 25.9. The fraction of sp³-hybridized carbons (Fsp3) is 0.357. The number of piperidine rings is 1. The number of aromatic nitrogens is 3. The van der Waals surface area contributed by atoms with E-state index in [4.69, 9.17) is 37.4 Å². The van der Waals surface area contributed by atoms with E-state index in [1.165, 1.54) is 12.8 Å². The van der Waals surface area contributed by atoms with Crippen LogP contribution in [0, 0.1) is 24.2 Å². The second kappa shape index (κ2) is 17.0. The smallest absolute Gasteiger partial charge is 0.142 e. The molecule has 2 fully saturated rings. The molecule has 11 heteroatoms. The summed E-state index contributed by atoms with van der Waals surface area (Å²) >= 11 is 14.0. The predicted octanol–water partition coefficient (Wildman–Crippen LogP) is 9.17. The lowest BCUT2D eigenvalue weighted by molar-refractivity contribution is 0.150. The van der Waals surface area contributed by atoms with Crippen molar-refractivity contribution in [3.05, 3.63) is 123 Å². The first-order valence-electron chi connectivity index (χ1n) is 18.2. The first kappa shape index (κ1) is 36.8. The van der Waals surface area contributed by atoms with Gasteiger partial charge in [0.1, 0.15) is 36.5 Å². The normalized spacial score (nSPS) is 17.8. The van der Waals surface area contributed by atoms with Gasteiger partial charge in [0.05, 0.1) is 34.0 Å². The third-order valence-electron chi connectivity index (χ3n) is 10.3. The number of ether oxygens (including phenoxy) is 3. The molecule has 0 bridgehead atoms. The largest absolute Gasteiger partial charge is 0.492 e. The zero-order chi connectivity index (χ0) is 36.7. The third kappa shape index (κ3) is 8.80. The highest BCUT2D eigenvalue weighted by molar-refractivity contribution is 6.35. The van der Waals surface area contributed by atoms with Gasteiger partial charge in [-0.2, -0.15) is 10.4 Å². The highest BCUT2D eigenvalue weighted by Gasteiger charge is 2.28. The number of aromatic amines is 1. The number of nitriles is 1. The van der Waals surface area contributed by atoms with E-state index < -0.39 is 0 Å². The van der Waals surface area contributed by atoms with Gasteiger partial charge in [-0.05, 0) is 93.7 Å². The van der Waals surface area contributed by atoms with Crippen molar-refractivity contribution in [3.8, 4) is 34.4 Å². The molecule has 274 valence electrons. The van der Waals surface area contributed by atoms with Gasteiger partial charge in [0, 0.05) is 60.4 Å². The van der Waals surface area contributed by atoms with Gasteiger partial charge < -0.3 is 19.1 Å². The molecule has 3 aromatic carbocycles. The van der Waals surface area contributed by atoms with Crippen molar-refractivity contribution in [3.63, 3.8) is 0 Å². The Kier molecular flexibility index (Phi) is 11.8. The molecule has 4 heterocycles. The van der Waals surface area contributed by atoms with E-state index in [0.717, 1.165) is 71.6 Å². The minimum Gasteiger partial charge on any atom is -0.492 e. The van der Waals surface area contributed by atoms with Crippen LogP contribution in [0.5, 0.6) is 17.2 Å². The average molecular weight is 752 g/mol. The van der Waals surface area contributed by atoms with Gasteiger partial charge in [0.15, 0.2) is 0 Å². The van der Waals surface area contributed by atoms with E-state index in [1.807, 2.05) is 42.5 Å². The number of halogens is 2. The molecule has 53 heavy (non-hydrogen) atoms. The van der Waals surface area contributed by atoms with Crippen LogP contribution in [0.3, 0.4) is 0 Å². The van der Waals surface area contributed by atoms with Crippen LogP contribution in [-0.2, 0) is 19.8 Å². The van der Waals surface area contributed by atoms with Crippen LogP contribution in [0.15, 0.2) is 79.3 Å². The van der Waals surface area contributed by atoms with Gasteiger partial charge >= 0.3 is 0 Å². The number of hydrogen-bond donors (Lipinski definition) is 1. The summed E-state index contributed by atoms with van der Waals surface area (Å²) in [4.78, 5) is 8.98. The highest BCUT2D eigenvalue weighted by atomic mass is 35.5. The van der Waals surface area contributed by atoms with E-state index >= 15 is 0 Å². The number of benzene rings is 3. The van der Waals surface area contributed by atoms with Crippen molar-refractivity contribution in [2.24, 2.45) is 5.92 Å². The van der Waals surface area contributed by atoms with Crippen LogP contribution in [0.25, 0.3) is 11.1 Å². The molecule has 1 N–H and O–H groups in total. The molecule has 2 aliphatic heterocycles. The lowest BCUT2D eigenvalue weighted by Crippen LogP contribution is -2.34. The maximum Gasteiger partial charge on any atom is 0.142 e. The Morgan fingerprint density at radius 3 is 2.55 bits per heavy atom. The number of nitrogens with one attached hydrogen (secondary N) is 1. The van der Waals surface area contributed by atoms with Gasteiger partial charge in [-0.3, -0.25) is 15.0 Å². The topological polar surface area (TPSA) is 99.5 Å². The monoisotopic (exact) mass is 750 g/mol. The standard InChI is InChI=1S/C42H44Cl2N6O3/c1-28-32(8-3-9-34(28)35-10-4-12-39(42(35)44)51-25-29-7-5-15-49(2)23-29)27-53-41-19-40(52-26-31-17-30(20-45)21-46-22-31)33(18-36(41)43)24-50-16-6-11-38(50)37-13-14-47-48-37/h3-4,8-10,12-14,17-19,21-22,29,38H,5-7,11,15-16,23-27H2,1-2H3,(H,47,48). The maximum absolute atomic E-state index is 9.39. The summed E-state index contributed by atoms with van der Waals surface area (Å²) in [7, 11) is 2.17. The summed E-state index contributed by atoms with van der Waals surface area (Å²) in [6.45, 7) is 7.03. The Labute approximate surface area is 321 Å². The number of H-pyrrole nitrogens is 1. The van der Waals surface area contributed by atoms with Crippen molar-refractivity contribution >= 4 is 23.2 Å². The first-order valence-corrected chi connectivity index (χ1v) is 19.0. The molecule has 2 atom stereocenters. The molecular weight excluding hydrogens is 707 g/mol. The molecule has 0 spiro atoms. The van der Waals surface area contributed by atoms with Crippen molar-refractivity contribution in [1.29, 1.82) is 5.26 Å². The van der Waals surface area contributed by atoms with Crippen LogP contribution in [0.4, 0.5) is 0 Å². The number of nitrogens with zero attached hydrogens (tertiary/aromatic N) is 5. The van der Waals surface area contributed by atoms with E-state index in [2.05, 4.69) is 57.2 Å². The second-order valence-electron chi connectivity index (χ2n) is 14.1. The predicted molar refractivity (Wildman–Crippen MR) is 207 cm³/mol. The summed E-state index contributed by atoms with van der Waals surface area (Å²) in [6.07, 6.45) is 9.53. The van der Waals surface area contributed by atoms with Gasteiger partial charge in [-0.25, -0.2) is 0 Å². The Bertz CT molecular complexity index is 2070. The van der Waals surface area contributed by atoms with Crippen LogP contribution < -0.4 is 14.2 Å². The number of rotatable bonds is 13. The van der Waals surface area contributed by atoms with Crippen molar-refractivity contribution in [1.82, 2.24) is 25.0 Å². The van der Waals surface area contributed by atoms with Gasteiger partial charge in [-0.15, -0.1) is 0 Å². The van der Waals surface area contributed by atoms with Gasteiger partial charge in [0.25, 0.3) is 0 Å². The van der Waals surface area contributed by atoms with E-state index in [0.29, 0.717) is 58.5 Å². The molecular formula is C42H44Cl2N6O3. The fourth-order valence-electron chi connectivity index (χ4n) is 7.51. The molecule has 0 amide bonds. The Hall–Kier alpha value is -4.59. The minimum atomic E-state index is 0.228. The molecule has 5 aromatic rings. The summed E-state index contributed by atoms with van der Waals surface area (Å²) in [6, 6.07) is 22.2. The van der Waals surface area contributed by atoms with Crippen molar-refractivity contribution < 1.29 is 14.2 Å². The molecule has 0 aliphatic carbocycles. The Morgan fingerprint density at radius 2 is 1.72 bits per heavy atom. The number of pyridine rings is 1. The fourth-order valence-corrected chi connectivity index (χ4v) is 8.03. The number of hydrogen-bond acceptors (Lipinski definition) is 8. The molecule has 2 unspecified atom stereocenters. The molecule has 2 aliphatic rings. The highest BCUT2D eigenvalue weighted by Crippen LogP contribution is 2.40. The molecule has 9 nitrogen and oxygen atoms in total. The lowest BCUT2D eigenvalue weighted by atomic mass is 9.96. The SMILES string of the molecule is Cc1c(COc2cc(OCc3cncc(C#N)c3)c(CN3CCCC3c3ccn[nH]3)cc2Cl)cccc1-c1cccc(OCC2CCCN(C)C2)c1Cl. The summed E-state index contributed by atoms with van der Waals surface area (Å²) in [5.41, 5.74) is 7.35. The van der Waals surface area contributed by atoms with Crippen LogP contribution in [0.2, 0.25) is 10.0 Å². The van der Waals surface area contributed by atoms with Gasteiger partial charge in [-0.1, -0.05) is 53.5 Å². The molecule has 0 radical (unpaired) electrons. The molecule has 2 aromatic heterocycles. The minimum absolute atomic E-state index is 0.228. The lowest BCUT2D eigenvalue weighted by Gasteiger charge is -2.29. The Balaban J connectivity index is 1.10. The maximum atomic E-state index is 9.39. The van der Waals surface area contributed by atoms with E-state index in [-0.39, 0.29) is 12.6 Å². The van der Waals surface area contributed by atoms with Crippen LogP contribution in [-0.4, -0.2) is 58.3 Å². The summed E-state index contributed by atoms with van der Waals surface area (Å²) in [5, 5.41) is 17.8. The molecule has 7 rings (SSSR count). The quantitative estimate of drug-likeness (QED) is 0.127. The van der Waals surface area contributed by atoms with Crippen LogP contribution >= 0.6 is 23.2 Å². The zero-order valence-electron chi connectivity index (χ0n) is 30.2. The van der Waals surface area contributed by atoms with E-state index in [9.17, 15) is 5.26 Å². The molecule has 0 saturated carbocycles. The van der Waals surface area contributed by atoms with E-state index in [1.54, 1.807) is 24.7 Å². The average Bonchev–Trinajstić information content (AvgIpc) is 3.87. The molecule has 2 saturated heterocycles. The second-order valence-corrected chi connectivity index (χ2v) is 14.9. The summed E-state index contributed by atoms with van der Waals surface area (Å²) in [5.74, 6) is 2.38. The summed E-state index contributed by atoms with van der Waals surface area (Å²) < 4.78 is 19.2. The van der Waals surface area contributed by atoms with Crippen molar-refractivity contribution in [2.45, 2.75) is 58.4 Å². The van der Waals surface area contributed by atoms with Gasteiger partial charge in [0.2, 0.25) is 0 Å². The van der Waals surface area contributed by atoms with Crippen LogP contribution in [0.1, 0.15) is 65.2 Å².